The summed E-state index contributed by atoms with van der Waals surface area (Å²) in [6.45, 7) is 7.58. The molecule has 2 saturated heterocycles. The predicted molar refractivity (Wildman–Crippen MR) is 95.8 cm³/mol. The fourth-order valence-corrected chi connectivity index (χ4v) is 3.96. The number of pyridine rings is 1. The first-order chi connectivity index (χ1) is 12.1. The predicted octanol–water partition coefficient (Wildman–Crippen LogP) is 1.59. The van der Waals surface area contributed by atoms with Crippen molar-refractivity contribution < 1.29 is 9.59 Å². The van der Waals surface area contributed by atoms with Gasteiger partial charge in [-0.05, 0) is 50.6 Å². The Hall–Kier alpha value is -1.95. The molecular formula is C19H28N4O2. The van der Waals surface area contributed by atoms with Crippen LogP contribution < -0.4 is 5.32 Å². The van der Waals surface area contributed by atoms with Crippen LogP contribution in [-0.2, 0) is 9.59 Å². The van der Waals surface area contributed by atoms with Crippen LogP contribution >= 0.6 is 0 Å². The number of hydrogen-bond acceptors (Lipinski definition) is 4. The van der Waals surface area contributed by atoms with Crippen molar-refractivity contribution in [1.29, 1.82) is 0 Å². The molecule has 0 bridgehead atoms. The Bertz CT molecular complexity index is 607. The van der Waals surface area contributed by atoms with Crippen molar-refractivity contribution in [2.24, 2.45) is 5.92 Å². The Kier molecular flexibility index (Phi) is 5.68. The number of carbonyl (C=O) groups is 2. The highest BCUT2D eigenvalue weighted by Crippen LogP contribution is 2.24. The van der Waals surface area contributed by atoms with Gasteiger partial charge in [0.05, 0.1) is 12.0 Å². The van der Waals surface area contributed by atoms with E-state index < -0.39 is 0 Å². The maximum Gasteiger partial charge on any atom is 0.225 e. The summed E-state index contributed by atoms with van der Waals surface area (Å²) in [5.41, 5.74) is 1.02. The Morgan fingerprint density at radius 2 is 2.16 bits per heavy atom. The molecule has 2 aliphatic heterocycles. The van der Waals surface area contributed by atoms with Crippen LogP contribution in [0.15, 0.2) is 24.5 Å². The summed E-state index contributed by atoms with van der Waals surface area (Å²) in [4.78, 5) is 33.2. The standard InChI is InChI=1S/C19H28N4O2/c1-3-22-10-4-5-17(22)13-23-12-16(11-18(23)24)19(25)21-14(2)15-6-8-20-9-7-15/h6-9,14,16-17H,3-5,10-13H2,1-2H3,(H,21,25)/t14-,16-,17-/m1/s1. The normalized spacial score (nSPS) is 25.4. The minimum absolute atomic E-state index is 0.0288. The zero-order valence-electron chi connectivity index (χ0n) is 15.1. The zero-order chi connectivity index (χ0) is 17.8. The van der Waals surface area contributed by atoms with Crippen molar-refractivity contribution in [1.82, 2.24) is 20.1 Å². The molecule has 1 aromatic rings. The first-order valence-corrected chi connectivity index (χ1v) is 9.30. The van der Waals surface area contributed by atoms with E-state index in [1.807, 2.05) is 24.0 Å². The maximum atomic E-state index is 12.6. The average Bonchev–Trinajstić information content (AvgIpc) is 3.22. The highest BCUT2D eigenvalue weighted by Gasteiger charge is 2.37. The summed E-state index contributed by atoms with van der Waals surface area (Å²) in [6, 6.07) is 4.17. The van der Waals surface area contributed by atoms with Gasteiger partial charge >= 0.3 is 0 Å². The summed E-state index contributed by atoms with van der Waals surface area (Å²) in [5, 5.41) is 3.04. The molecule has 2 amide bonds. The number of carbonyl (C=O) groups excluding carboxylic acids is 2. The van der Waals surface area contributed by atoms with Gasteiger partial charge in [0, 0.05) is 37.9 Å². The number of likely N-dealkylation sites (tertiary alicyclic amines) is 2. The van der Waals surface area contributed by atoms with Crippen LogP contribution in [0.1, 0.15) is 44.7 Å². The van der Waals surface area contributed by atoms with Gasteiger partial charge in [0.15, 0.2) is 0 Å². The zero-order valence-corrected chi connectivity index (χ0v) is 15.1. The van der Waals surface area contributed by atoms with E-state index >= 15 is 0 Å². The van der Waals surface area contributed by atoms with E-state index in [2.05, 4.69) is 22.1 Å². The van der Waals surface area contributed by atoms with Crippen LogP contribution in [0.25, 0.3) is 0 Å². The molecule has 3 atom stereocenters. The van der Waals surface area contributed by atoms with E-state index in [-0.39, 0.29) is 23.8 Å². The first-order valence-electron chi connectivity index (χ1n) is 9.30. The van der Waals surface area contributed by atoms with Gasteiger partial charge in [0.1, 0.15) is 0 Å². The lowest BCUT2D eigenvalue weighted by Gasteiger charge is -2.27. The third kappa shape index (κ3) is 4.18. The van der Waals surface area contributed by atoms with Gasteiger partial charge in [-0.15, -0.1) is 0 Å². The number of nitrogens with one attached hydrogen (secondary N) is 1. The first kappa shape index (κ1) is 17.9. The van der Waals surface area contributed by atoms with Gasteiger partial charge < -0.3 is 10.2 Å². The quantitative estimate of drug-likeness (QED) is 0.851. The van der Waals surface area contributed by atoms with E-state index in [1.54, 1.807) is 12.4 Å². The van der Waals surface area contributed by atoms with Crippen LogP contribution in [0.5, 0.6) is 0 Å². The Morgan fingerprint density at radius 3 is 2.88 bits per heavy atom. The molecule has 3 heterocycles. The molecule has 6 heteroatoms. The number of likely N-dealkylation sites (N-methyl/N-ethyl adjacent to an activating group) is 1. The van der Waals surface area contributed by atoms with E-state index in [1.165, 1.54) is 6.42 Å². The van der Waals surface area contributed by atoms with Gasteiger partial charge in [0.25, 0.3) is 0 Å². The second-order valence-electron chi connectivity index (χ2n) is 7.14. The maximum absolute atomic E-state index is 12.6. The molecular weight excluding hydrogens is 316 g/mol. The smallest absolute Gasteiger partial charge is 0.225 e. The monoisotopic (exact) mass is 344 g/mol. The number of hydrogen-bond donors (Lipinski definition) is 1. The molecule has 25 heavy (non-hydrogen) atoms. The summed E-state index contributed by atoms with van der Waals surface area (Å²) >= 11 is 0. The molecule has 6 nitrogen and oxygen atoms in total. The highest BCUT2D eigenvalue weighted by molar-refractivity contribution is 5.89. The second-order valence-corrected chi connectivity index (χ2v) is 7.14. The Labute approximate surface area is 149 Å². The molecule has 0 saturated carbocycles. The molecule has 2 fully saturated rings. The highest BCUT2D eigenvalue weighted by atomic mass is 16.2. The number of amides is 2. The Morgan fingerprint density at radius 1 is 1.40 bits per heavy atom. The Balaban J connectivity index is 1.54. The van der Waals surface area contributed by atoms with Crippen molar-refractivity contribution in [3.8, 4) is 0 Å². The van der Waals surface area contributed by atoms with Crippen molar-refractivity contribution >= 4 is 11.8 Å². The van der Waals surface area contributed by atoms with Gasteiger partial charge in [-0.3, -0.25) is 19.5 Å². The van der Waals surface area contributed by atoms with E-state index in [4.69, 9.17) is 0 Å². The second kappa shape index (κ2) is 7.95. The van der Waals surface area contributed by atoms with Crippen LogP contribution in [0, 0.1) is 5.92 Å². The van der Waals surface area contributed by atoms with Crippen molar-refractivity contribution in [2.45, 2.75) is 45.2 Å². The lowest BCUT2D eigenvalue weighted by atomic mass is 10.1. The molecule has 0 aliphatic carbocycles. The lowest BCUT2D eigenvalue weighted by Crippen LogP contribution is -2.41. The summed E-state index contributed by atoms with van der Waals surface area (Å²) < 4.78 is 0. The van der Waals surface area contributed by atoms with Gasteiger partial charge in [-0.1, -0.05) is 6.92 Å². The molecule has 3 rings (SSSR count). The molecule has 2 aliphatic rings. The third-order valence-corrected chi connectivity index (χ3v) is 5.49. The molecule has 0 radical (unpaired) electrons. The van der Waals surface area contributed by atoms with Gasteiger partial charge in [0.2, 0.25) is 11.8 Å². The van der Waals surface area contributed by atoms with E-state index in [0.29, 0.717) is 19.0 Å². The third-order valence-electron chi connectivity index (χ3n) is 5.49. The summed E-state index contributed by atoms with van der Waals surface area (Å²) in [7, 11) is 0. The van der Waals surface area contributed by atoms with Crippen LogP contribution in [-0.4, -0.2) is 58.8 Å². The minimum Gasteiger partial charge on any atom is -0.349 e. The van der Waals surface area contributed by atoms with Crippen molar-refractivity contribution in [2.75, 3.05) is 26.2 Å². The fraction of sp³-hybridized carbons (Fsp3) is 0.632. The van der Waals surface area contributed by atoms with Gasteiger partial charge in [-0.2, -0.15) is 0 Å². The fourth-order valence-electron chi connectivity index (χ4n) is 3.96. The largest absolute Gasteiger partial charge is 0.349 e. The topological polar surface area (TPSA) is 65.5 Å². The molecule has 136 valence electrons. The molecule has 0 spiro atoms. The van der Waals surface area contributed by atoms with Crippen LogP contribution in [0.2, 0.25) is 0 Å². The summed E-state index contributed by atoms with van der Waals surface area (Å²) in [5.74, 6) is -0.160. The van der Waals surface area contributed by atoms with E-state index in [9.17, 15) is 9.59 Å². The molecule has 0 unspecified atom stereocenters. The summed E-state index contributed by atoms with van der Waals surface area (Å²) in [6.07, 6.45) is 6.12. The lowest BCUT2D eigenvalue weighted by molar-refractivity contribution is -0.129. The van der Waals surface area contributed by atoms with Crippen LogP contribution in [0.4, 0.5) is 0 Å². The molecule has 1 N–H and O–H groups in total. The number of rotatable bonds is 6. The van der Waals surface area contributed by atoms with E-state index in [0.717, 1.165) is 31.6 Å². The SMILES string of the molecule is CCN1CCC[C@@H]1CN1C[C@H](C(=O)N[C@H](C)c2ccncc2)CC1=O. The van der Waals surface area contributed by atoms with Crippen molar-refractivity contribution in [3.05, 3.63) is 30.1 Å². The van der Waals surface area contributed by atoms with Crippen molar-refractivity contribution in [3.63, 3.8) is 0 Å². The average molecular weight is 344 g/mol. The number of aromatic nitrogens is 1. The molecule has 0 aromatic carbocycles. The number of nitrogens with zero attached hydrogens (tertiary/aromatic N) is 3. The van der Waals surface area contributed by atoms with Gasteiger partial charge in [-0.25, -0.2) is 0 Å². The minimum atomic E-state index is -0.242. The molecule has 1 aromatic heterocycles. The van der Waals surface area contributed by atoms with Crippen LogP contribution in [0.3, 0.4) is 0 Å².